The van der Waals surface area contributed by atoms with Crippen molar-refractivity contribution >= 4 is 28.8 Å². The van der Waals surface area contributed by atoms with E-state index in [0.29, 0.717) is 11.6 Å². The first kappa shape index (κ1) is 19.4. The van der Waals surface area contributed by atoms with Gasteiger partial charge in [-0.25, -0.2) is 0 Å². The molecule has 1 aromatic heterocycles. The van der Waals surface area contributed by atoms with E-state index in [4.69, 9.17) is 16.3 Å². The van der Waals surface area contributed by atoms with E-state index in [1.165, 1.54) is 10.4 Å². The number of thiophene rings is 1. The van der Waals surface area contributed by atoms with Crippen LogP contribution in [-0.4, -0.2) is 43.7 Å². The Morgan fingerprint density at radius 3 is 2.92 bits per heavy atom. The number of benzene rings is 1. The van der Waals surface area contributed by atoms with Crippen molar-refractivity contribution in [2.75, 3.05) is 32.8 Å². The minimum Gasteiger partial charge on any atom is -0.382 e. The summed E-state index contributed by atoms with van der Waals surface area (Å²) in [5.74, 6) is 0.137. The number of hydrogen-bond donors (Lipinski definition) is 1. The highest BCUT2D eigenvalue weighted by atomic mass is 35.5. The molecule has 2 aromatic rings. The molecule has 1 aliphatic heterocycles. The third kappa shape index (κ3) is 4.65. The van der Waals surface area contributed by atoms with Crippen molar-refractivity contribution in [3.63, 3.8) is 0 Å². The fourth-order valence-corrected chi connectivity index (χ4v) is 4.36. The number of ether oxygens (including phenoxy) is 1. The van der Waals surface area contributed by atoms with Crippen LogP contribution in [0.5, 0.6) is 0 Å². The molecule has 0 spiro atoms. The Morgan fingerprint density at radius 1 is 1.35 bits per heavy atom. The maximum Gasteiger partial charge on any atom is 0.237 e. The first-order valence-corrected chi connectivity index (χ1v) is 10.4. The zero-order valence-corrected chi connectivity index (χ0v) is 16.6. The Hall–Kier alpha value is -1.40. The molecule has 0 fully saturated rings. The topological polar surface area (TPSA) is 41.6 Å². The lowest BCUT2D eigenvalue weighted by atomic mass is 9.93. The zero-order valence-electron chi connectivity index (χ0n) is 15.0. The highest BCUT2D eigenvalue weighted by Gasteiger charge is 2.32. The largest absolute Gasteiger partial charge is 0.382 e. The number of carbonyl (C=O) groups excluding carboxylic acids is 1. The Morgan fingerprint density at radius 2 is 2.15 bits per heavy atom. The van der Waals surface area contributed by atoms with Gasteiger partial charge in [-0.05, 0) is 61.0 Å². The minimum atomic E-state index is -0.0278. The van der Waals surface area contributed by atoms with Gasteiger partial charge in [-0.2, -0.15) is 0 Å². The molecule has 1 aliphatic rings. The molecule has 1 amide bonds. The van der Waals surface area contributed by atoms with Crippen LogP contribution < -0.4 is 5.32 Å². The summed E-state index contributed by atoms with van der Waals surface area (Å²) in [7, 11) is 0. The number of nitrogens with zero attached hydrogens (tertiary/aromatic N) is 1. The summed E-state index contributed by atoms with van der Waals surface area (Å²) in [6, 6.07) is 9.96. The summed E-state index contributed by atoms with van der Waals surface area (Å²) in [4.78, 5) is 16.2. The van der Waals surface area contributed by atoms with Gasteiger partial charge >= 0.3 is 0 Å². The molecule has 0 bridgehead atoms. The lowest BCUT2D eigenvalue weighted by Gasteiger charge is -2.36. The van der Waals surface area contributed by atoms with E-state index in [0.717, 1.165) is 44.7 Å². The average molecular weight is 393 g/mol. The molecular formula is C20H25ClN2O2S. The Kier molecular flexibility index (Phi) is 7.08. The second-order valence-electron chi connectivity index (χ2n) is 6.32. The average Bonchev–Trinajstić information content (AvgIpc) is 3.13. The summed E-state index contributed by atoms with van der Waals surface area (Å²) in [5, 5.41) is 6.08. The van der Waals surface area contributed by atoms with Gasteiger partial charge in [0.05, 0.1) is 12.6 Å². The molecule has 1 N–H and O–H groups in total. The molecule has 3 rings (SSSR count). The summed E-state index contributed by atoms with van der Waals surface area (Å²) < 4.78 is 5.33. The Balaban J connectivity index is 1.69. The van der Waals surface area contributed by atoms with Gasteiger partial charge in [0, 0.05) is 29.7 Å². The number of carbonyl (C=O) groups is 1. The molecule has 0 saturated carbocycles. The molecule has 0 saturated heterocycles. The first-order valence-electron chi connectivity index (χ1n) is 9.10. The minimum absolute atomic E-state index is 0.0278. The lowest BCUT2D eigenvalue weighted by Crippen LogP contribution is -2.44. The number of hydrogen-bond acceptors (Lipinski definition) is 4. The molecule has 2 heterocycles. The van der Waals surface area contributed by atoms with Gasteiger partial charge in [-0.3, -0.25) is 4.79 Å². The van der Waals surface area contributed by atoms with Gasteiger partial charge in [0.1, 0.15) is 0 Å². The third-order valence-corrected chi connectivity index (χ3v) is 5.84. The number of amides is 1. The summed E-state index contributed by atoms with van der Waals surface area (Å²) in [5.41, 5.74) is 2.35. The monoisotopic (exact) mass is 392 g/mol. The van der Waals surface area contributed by atoms with Crippen molar-refractivity contribution in [2.45, 2.75) is 25.8 Å². The summed E-state index contributed by atoms with van der Waals surface area (Å²) >= 11 is 7.83. The van der Waals surface area contributed by atoms with Gasteiger partial charge in [-0.15, -0.1) is 11.3 Å². The van der Waals surface area contributed by atoms with Crippen LogP contribution in [0, 0.1) is 0 Å². The third-order valence-electron chi connectivity index (χ3n) is 4.59. The number of halogens is 1. The van der Waals surface area contributed by atoms with Crippen LogP contribution in [0.2, 0.25) is 5.02 Å². The molecular weight excluding hydrogens is 368 g/mol. The van der Waals surface area contributed by atoms with Crippen LogP contribution >= 0.6 is 22.9 Å². The molecule has 1 unspecified atom stereocenters. The van der Waals surface area contributed by atoms with Crippen molar-refractivity contribution in [1.82, 2.24) is 10.2 Å². The molecule has 26 heavy (non-hydrogen) atoms. The van der Waals surface area contributed by atoms with E-state index in [1.54, 1.807) is 11.3 Å². The fourth-order valence-electron chi connectivity index (χ4n) is 3.33. The highest BCUT2D eigenvalue weighted by Crippen LogP contribution is 2.38. The standard InChI is InChI=1S/C20H25ClN2O2S/c1-2-25-12-3-10-22-14-19(24)23-11-8-18-17(9-13-26-18)20(23)15-4-6-16(21)7-5-15/h4-7,9,13,20,22H,2-3,8,10-12,14H2,1H3. The normalized spacial score (nSPS) is 16.5. The van der Waals surface area contributed by atoms with Crippen LogP contribution in [0.25, 0.3) is 0 Å². The highest BCUT2D eigenvalue weighted by molar-refractivity contribution is 7.10. The van der Waals surface area contributed by atoms with Crippen LogP contribution in [0.3, 0.4) is 0 Å². The van der Waals surface area contributed by atoms with Crippen LogP contribution in [0.1, 0.15) is 35.4 Å². The molecule has 0 radical (unpaired) electrons. The van der Waals surface area contributed by atoms with Crippen LogP contribution in [0.15, 0.2) is 35.7 Å². The molecule has 4 nitrogen and oxygen atoms in total. The Labute approximate surface area is 164 Å². The van der Waals surface area contributed by atoms with E-state index in [-0.39, 0.29) is 11.9 Å². The van der Waals surface area contributed by atoms with Crippen molar-refractivity contribution in [3.05, 3.63) is 56.7 Å². The molecule has 140 valence electrons. The summed E-state index contributed by atoms with van der Waals surface area (Å²) in [6.07, 6.45) is 1.84. The molecule has 6 heteroatoms. The SMILES string of the molecule is CCOCCCNCC(=O)N1CCc2sccc2C1c1ccc(Cl)cc1. The number of rotatable bonds is 8. The van der Waals surface area contributed by atoms with E-state index in [2.05, 4.69) is 16.8 Å². The molecule has 1 atom stereocenters. The fraction of sp³-hybridized carbons (Fsp3) is 0.450. The van der Waals surface area contributed by atoms with E-state index in [9.17, 15) is 4.79 Å². The van der Waals surface area contributed by atoms with Crippen molar-refractivity contribution < 1.29 is 9.53 Å². The van der Waals surface area contributed by atoms with Gasteiger partial charge in [-0.1, -0.05) is 23.7 Å². The zero-order chi connectivity index (χ0) is 18.4. The van der Waals surface area contributed by atoms with Crippen LogP contribution in [0.4, 0.5) is 0 Å². The maximum atomic E-state index is 12.9. The van der Waals surface area contributed by atoms with Gasteiger partial charge in [0.25, 0.3) is 0 Å². The predicted molar refractivity (Wildman–Crippen MR) is 107 cm³/mol. The van der Waals surface area contributed by atoms with Crippen molar-refractivity contribution in [1.29, 1.82) is 0 Å². The molecule has 0 aliphatic carbocycles. The summed E-state index contributed by atoms with van der Waals surface area (Å²) in [6.45, 7) is 5.35. The van der Waals surface area contributed by atoms with Crippen molar-refractivity contribution in [2.24, 2.45) is 0 Å². The quantitative estimate of drug-likeness (QED) is 0.693. The van der Waals surface area contributed by atoms with Gasteiger partial charge in [0.15, 0.2) is 0 Å². The first-order chi connectivity index (χ1) is 12.7. The number of fused-ring (bicyclic) bond motifs is 1. The van der Waals surface area contributed by atoms with E-state index >= 15 is 0 Å². The smallest absolute Gasteiger partial charge is 0.237 e. The van der Waals surface area contributed by atoms with E-state index < -0.39 is 0 Å². The second-order valence-corrected chi connectivity index (χ2v) is 7.75. The maximum absolute atomic E-state index is 12.9. The van der Waals surface area contributed by atoms with Crippen LogP contribution in [-0.2, 0) is 16.0 Å². The van der Waals surface area contributed by atoms with E-state index in [1.807, 2.05) is 36.1 Å². The molecule has 1 aromatic carbocycles. The Bertz CT molecular complexity index is 717. The number of nitrogens with one attached hydrogen (secondary N) is 1. The van der Waals surface area contributed by atoms with Gasteiger partial charge < -0.3 is 15.0 Å². The van der Waals surface area contributed by atoms with Gasteiger partial charge in [0.2, 0.25) is 5.91 Å². The van der Waals surface area contributed by atoms with Crippen molar-refractivity contribution in [3.8, 4) is 0 Å². The second kappa shape index (κ2) is 9.51. The lowest BCUT2D eigenvalue weighted by molar-refractivity contribution is -0.132. The predicted octanol–water partition coefficient (Wildman–Crippen LogP) is 3.89.